The lowest BCUT2D eigenvalue weighted by atomic mass is 10.1. The summed E-state index contributed by atoms with van der Waals surface area (Å²) in [4.78, 5) is 2.55. The van der Waals surface area contributed by atoms with Gasteiger partial charge >= 0.3 is 0 Å². The smallest absolute Gasteiger partial charge is 0.104 e. The number of halogens is 1. The van der Waals surface area contributed by atoms with Crippen LogP contribution in [0.2, 0.25) is 0 Å². The summed E-state index contributed by atoms with van der Waals surface area (Å²) in [5.41, 5.74) is 11.3. The Hall–Kier alpha value is -1.39. The molecular formula is C16H17BrN2S. The fraction of sp³-hybridized carbons (Fsp3) is 0.188. The van der Waals surface area contributed by atoms with Gasteiger partial charge in [0, 0.05) is 22.8 Å². The average Bonchev–Trinajstić information content (AvgIpc) is 2.36. The Morgan fingerprint density at radius 2 is 1.70 bits per heavy atom. The molecule has 20 heavy (non-hydrogen) atoms. The number of nitrogens with zero attached hydrogens (tertiary/aromatic N) is 1. The van der Waals surface area contributed by atoms with Crippen molar-refractivity contribution in [3.8, 4) is 0 Å². The van der Waals surface area contributed by atoms with Crippen LogP contribution < -0.4 is 10.6 Å². The summed E-state index contributed by atoms with van der Waals surface area (Å²) >= 11 is 8.60. The molecule has 2 nitrogen and oxygen atoms in total. The van der Waals surface area contributed by atoms with Crippen LogP contribution in [0.15, 0.2) is 40.9 Å². The lowest BCUT2D eigenvalue weighted by Crippen LogP contribution is -2.13. The van der Waals surface area contributed by atoms with Gasteiger partial charge in [0.1, 0.15) is 4.99 Å². The second-order valence-corrected chi connectivity index (χ2v) is 6.23. The van der Waals surface area contributed by atoms with E-state index in [-0.39, 0.29) is 0 Å². The van der Waals surface area contributed by atoms with Gasteiger partial charge in [-0.2, -0.15) is 0 Å². The van der Waals surface area contributed by atoms with Crippen LogP contribution in [0.25, 0.3) is 0 Å². The van der Waals surface area contributed by atoms with Crippen molar-refractivity contribution in [3.63, 3.8) is 0 Å². The topological polar surface area (TPSA) is 29.3 Å². The SMILES string of the molecule is Cc1cc(C)cc(N(C)c2ccc(C(N)=S)cc2Br)c1. The first kappa shape index (κ1) is 15.0. The third-order valence-electron chi connectivity index (χ3n) is 3.19. The highest BCUT2D eigenvalue weighted by Crippen LogP contribution is 2.32. The van der Waals surface area contributed by atoms with E-state index in [1.165, 1.54) is 11.1 Å². The van der Waals surface area contributed by atoms with Crippen molar-refractivity contribution in [2.75, 3.05) is 11.9 Å². The minimum atomic E-state index is 0.409. The molecular weight excluding hydrogens is 332 g/mol. The maximum absolute atomic E-state index is 5.66. The molecule has 0 aliphatic rings. The van der Waals surface area contributed by atoms with Crippen molar-refractivity contribution in [2.24, 2.45) is 5.73 Å². The molecule has 0 bridgehead atoms. The molecule has 0 amide bonds. The summed E-state index contributed by atoms with van der Waals surface area (Å²) in [7, 11) is 2.05. The van der Waals surface area contributed by atoms with Gasteiger partial charge in [0.25, 0.3) is 0 Å². The van der Waals surface area contributed by atoms with E-state index in [1.807, 2.05) is 18.2 Å². The number of anilines is 2. The molecule has 2 aromatic rings. The molecule has 0 spiro atoms. The summed E-state index contributed by atoms with van der Waals surface area (Å²) in [6, 6.07) is 12.4. The zero-order valence-electron chi connectivity index (χ0n) is 11.8. The van der Waals surface area contributed by atoms with Crippen molar-refractivity contribution in [1.29, 1.82) is 0 Å². The lowest BCUT2D eigenvalue weighted by Gasteiger charge is -2.22. The Kier molecular flexibility index (Phi) is 4.45. The number of nitrogens with two attached hydrogens (primary N) is 1. The Morgan fingerprint density at radius 1 is 1.10 bits per heavy atom. The van der Waals surface area contributed by atoms with Gasteiger partial charge in [-0.1, -0.05) is 18.3 Å². The summed E-state index contributed by atoms with van der Waals surface area (Å²) < 4.78 is 0.976. The Labute approximate surface area is 133 Å². The van der Waals surface area contributed by atoms with Crippen molar-refractivity contribution in [1.82, 2.24) is 0 Å². The molecule has 0 atom stereocenters. The van der Waals surface area contributed by atoms with E-state index in [0.717, 1.165) is 21.4 Å². The number of hydrogen-bond donors (Lipinski definition) is 1. The second kappa shape index (κ2) is 5.94. The zero-order chi connectivity index (χ0) is 14.9. The van der Waals surface area contributed by atoms with Crippen LogP contribution in [-0.2, 0) is 0 Å². The molecule has 0 aromatic heterocycles. The summed E-state index contributed by atoms with van der Waals surface area (Å²) in [5, 5.41) is 0. The van der Waals surface area contributed by atoms with Gasteiger partial charge in [-0.3, -0.25) is 0 Å². The van der Waals surface area contributed by atoms with E-state index in [2.05, 4.69) is 59.9 Å². The fourth-order valence-electron chi connectivity index (χ4n) is 2.22. The van der Waals surface area contributed by atoms with Crippen LogP contribution in [0, 0.1) is 13.8 Å². The second-order valence-electron chi connectivity index (χ2n) is 4.94. The highest BCUT2D eigenvalue weighted by molar-refractivity contribution is 9.10. The Morgan fingerprint density at radius 3 is 2.20 bits per heavy atom. The van der Waals surface area contributed by atoms with Crippen molar-refractivity contribution >= 4 is 44.5 Å². The molecule has 0 fully saturated rings. The Bertz CT molecular complexity index is 647. The molecule has 0 heterocycles. The molecule has 0 radical (unpaired) electrons. The van der Waals surface area contributed by atoms with Gasteiger partial charge in [-0.25, -0.2) is 0 Å². The summed E-state index contributed by atoms with van der Waals surface area (Å²) in [6.07, 6.45) is 0. The number of aryl methyl sites for hydroxylation is 2. The van der Waals surface area contributed by atoms with Crippen LogP contribution in [0.5, 0.6) is 0 Å². The predicted molar refractivity (Wildman–Crippen MR) is 94.0 cm³/mol. The molecule has 0 saturated heterocycles. The summed E-state index contributed by atoms with van der Waals surface area (Å²) in [5.74, 6) is 0. The van der Waals surface area contributed by atoms with Crippen LogP contribution >= 0.6 is 28.1 Å². The van der Waals surface area contributed by atoms with Crippen LogP contribution in [0.1, 0.15) is 16.7 Å². The lowest BCUT2D eigenvalue weighted by molar-refractivity contribution is 1.18. The van der Waals surface area contributed by atoms with E-state index in [0.29, 0.717) is 4.99 Å². The average molecular weight is 349 g/mol. The molecule has 2 N–H and O–H groups in total. The minimum absolute atomic E-state index is 0.409. The first-order valence-electron chi connectivity index (χ1n) is 6.30. The maximum Gasteiger partial charge on any atom is 0.104 e. The van der Waals surface area contributed by atoms with Gasteiger partial charge < -0.3 is 10.6 Å². The first-order chi connectivity index (χ1) is 9.38. The van der Waals surface area contributed by atoms with Gasteiger partial charge in [0.15, 0.2) is 0 Å². The van der Waals surface area contributed by atoms with Gasteiger partial charge in [-0.15, -0.1) is 0 Å². The molecule has 4 heteroatoms. The van der Waals surface area contributed by atoms with E-state index in [4.69, 9.17) is 18.0 Å². The largest absolute Gasteiger partial charge is 0.389 e. The van der Waals surface area contributed by atoms with Gasteiger partial charge in [-0.05, 0) is 71.2 Å². The molecule has 0 saturated carbocycles. The number of hydrogen-bond acceptors (Lipinski definition) is 2. The van der Waals surface area contributed by atoms with E-state index in [1.54, 1.807) is 0 Å². The standard InChI is InChI=1S/C16H17BrN2S/c1-10-6-11(2)8-13(7-10)19(3)15-5-4-12(16(18)20)9-14(15)17/h4-9H,1-3H3,(H2,18,20). The van der Waals surface area contributed by atoms with Crippen molar-refractivity contribution in [2.45, 2.75) is 13.8 Å². The van der Waals surface area contributed by atoms with Crippen LogP contribution in [0.4, 0.5) is 11.4 Å². The number of thiocarbonyl (C=S) groups is 1. The third kappa shape index (κ3) is 3.19. The zero-order valence-corrected chi connectivity index (χ0v) is 14.2. The van der Waals surface area contributed by atoms with Crippen LogP contribution in [0.3, 0.4) is 0 Å². The summed E-state index contributed by atoms with van der Waals surface area (Å²) in [6.45, 7) is 4.21. The highest BCUT2D eigenvalue weighted by atomic mass is 79.9. The van der Waals surface area contributed by atoms with Crippen molar-refractivity contribution < 1.29 is 0 Å². The van der Waals surface area contributed by atoms with Crippen LogP contribution in [-0.4, -0.2) is 12.0 Å². The van der Waals surface area contributed by atoms with E-state index in [9.17, 15) is 0 Å². The molecule has 2 rings (SSSR count). The normalized spacial score (nSPS) is 10.4. The van der Waals surface area contributed by atoms with Gasteiger partial charge in [0.05, 0.1) is 5.69 Å². The van der Waals surface area contributed by atoms with Gasteiger partial charge in [0.2, 0.25) is 0 Å². The number of rotatable bonds is 3. The first-order valence-corrected chi connectivity index (χ1v) is 7.50. The maximum atomic E-state index is 5.66. The fourth-order valence-corrected chi connectivity index (χ4v) is 2.99. The van der Waals surface area contributed by atoms with E-state index < -0.39 is 0 Å². The Balaban J connectivity index is 2.42. The molecule has 0 aliphatic heterocycles. The predicted octanol–water partition coefficient (Wildman–Crippen LogP) is 4.47. The monoisotopic (exact) mass is 348 g/mol. The third-order valence-corrected chi connectivity index (χ3v) is 4.06. The highest BCUT2D eigenvalue weighted by Gasteiger charge is 2.10. The number of benzene rings is 2. The van der Waals surface area contributed by atoms with Crippen molar-refractivity contribution in [3.05, 3.63) is 57.6 Å². The molecule has 0 aliphatic carbocycles. The van der Waals surface area contributed by atoms with E-state index >= 15 is 0 Å². The minimum Gasteiger partial charge on any atom is -0.389 e. The molecule has 2 aromatic carbocycles. The molecule has 104 valence electrons. The quantitative estimate of drug-likeness (QED) is 0.829. The molecule has 0 unspecified atom stereocenters.